The summed E-state index contributed by atoms with van der Waals surface area (Å²) >= 11 is 1.91. The number of nitrogens with zero attached hydrogens (tertiary/aromatic N) is 2. The number of fused-ring (bicyclic) bond motifs is 11. The second-order valence-corrected chi connectivity index (χ2v) is 27.1. The van der Waals surface area contributed by atoms with E-state index in [2.05, 4.69) is 211 Å². The molecule has 0 amide bonds. The molecule has 4 heteroatoms. The smallest absolute Gasteiger partial charge is 0.141 e. The van der Waals surface area contributed by atoms with Gasteiger partial charge in [0.1, 0.15) is 11.3 Å². The maximum atomic E-state index is 7.54. The Morgan fingerprint density at radius 3 is 1.75 bits per heavy atom. The van der Waals surface area contributed by atoms with Crippen LogP contribution in [0.5, 0.6) is 0 Å². The van der Waals surface area contributed by atoms with Gasteiger partial charge in [-0.25, -0.2) is 0 Å². The minimum atomic E-state index is -0.117. The van der Waals surface area contributed by atoms with Gasteiger partial charge in [-0.3, -0.25) is 0 Å². The summed E-state index contributed by atoms with van der Waals surface area (Å²) in [5.41, 5.74) is 21.1. The Hall–Kier alpha value is -5.32. The van der Waals surface area contributed by atoms with Crippen molar-refractivity contribution in [1.82, 2.24) is 0 Å². The quantitative estimate of drug-likeness (QED) is 0.172. The van der Waals surface area contributed by atoms with Gasteiger partial charge in [-0.05, 0) is 176 Å². The summed E-state index contributed by atoms with van der Waals surface area (Å²) in [5.74, 6) is 0.922. The molecular weight excluding hydrogens is 845 g/mol. The first kappa shape index (κ1) is 43.9. The van der Waals surface area contributed by atoms with E-state index in [1.54, 1.807) is 0 Å². The number of benzene rings is 6. The zero-order valence-corrected chi connectivity index (χ0v) is 44.2. The summed E-state index contributed by atoms with van der Waals surface area (Å²) in [7, 11) is 0. The Morgan fingerprint density at radius 1 is 0.529 bits per heavy atom. The first-order valence-electron chi connectivity index (χ1n) is 25.5. The Kier molecular flexibility index (Phi) is 9.00. The number of furan rings is 1. The van der Waals surface area contributed by atoms with E-state index in [9.17, 15) is 0 Å². The third-order valence-electron chi connectivity index (χ3n) is 17.3. The SMILES string of the molecule is Cc1cc2c3c(c1)N(c1cccc4sc5ccc(C(C)(C)C)cc5c14)c1c(oc4ccc(C(C)(C)C)cc14)C3c1cc3c(cc1N2c1ccc2c(c1)C(C)(C)CCC2(C)C)C(C)(C)CCC3(C)C. The van der Waals surface area contributed by atoms with E-state index in [-0.39, 0.29) is 38.4 Å². The monoisotopic (exact) mass is 915 g/mol. The molecule has 0 N–H and O–H groups in total. The molecule has 1 atom stereocenters. The van der Waals surface area contributed by atoms with Crippen molar-refractivity contribution in [1.29, 1.82) is 0 Å². The summed E-state index contributed by atoms with van der Waals surface area (Å²) in [5, 5.41) is 3.81. The number of hydrogen-bond acceptors (Lipinski definition) is 4. The van der Waals surface area contributed by atoms with Gasteiger partial charge in [0.2, 0.25) is 0 Å². The zero-order chi connectivity index (χ0) is 48.0. The van der Waals surface area contributed by atoms with Crippen LogP contribution in [0.4, 0.5) is 34.1 Å². The van der Waals surface area contributed by atoms with Gasteiger partial charge in [-0.1, -0.05) is 127 Å². The van der Waals surface area contributed by atoms with Gasteiger partial charge >= 0.3 is 0 Å². The lowest BCUT2D eigenvalue weighted by molar-refractivity contribution is 0.331. The average molecular weight is 915 g/mol. The molecule has 0 spiro atoms. The minimum Gasteiger partial charge on any atom is -0.458 e. The van der Waals surface area contributed by atoms with Gasteiger partial charge < -0.3 is 14.2 Å². The van der Waals surface area contributed by atoms with Crippen LogP contribution < -0.4 is 9.80 Å². The molecule has 1 unspecified atom stereocenters. The van der Waals surface area contributed by atoms with Gasteiger partial charge in [-0.15, -0.1) is 11.3 Å². The van der Waals surface area contributed by atoms with Gasteiger partial charge in [0, 0.05) is 36.8 Å². The van der Waals surface area contributed by atoms with Crippen LogP contribution in [-0.4, -0.2) is 0 Å². The minimum absolute atomic E-state index is 0.0180. The van der Waals surface area contributed by atoms with Crippen molar-refractivity contribution in [2.24, 2.45) is 0 Å². The van der Waals surface area contributed by atoms with E-state index in [1.165, 1.54) is 123 Å². The number of hydrogen-bond donors (Lipinski definition) is 0. The predicted molar refractivity (Wildman–Crippen MR) is 292 cm³/mol. The second-order valence-electron chi connectivity index (χ2n) is 26.0. The van der Waals surface area contributed by atoms with Crippen molar-refractivity contribution in [2.75, 3.05) is 9.80 Å². The fourth-order valence-electron chi connectivity index (χ4n) is 12.8. The summed E-state index contributed by atoms with van der Waals surface area (Å²) in [6, 6.07) is 38.9. The second kappa shape index (κ2) is 13.9. The standard InChI is InChI=1S/C64H70N2OS/c1-36-29-49-56-50(30-36)66(47-17-16-18-53-54(47)42-32-38(60(5,6)7)20-24-52(42)68-53)57-41-31-37(59(2,3)4)19-23-51(41)67-58(57)55(56)40-34-45-46(64(14,15)28-27-63(45,12)13)35-48(40)65(49)39-21-22-43-44(33-39)62(10,11)26-25-61(43,8)9/h16-24,29-35,55H,25-28H2,1-15H3. The lowest BCUT2D eigenvalue weighted by Crippen LogP contribution is -2.36. The zero-order valence-electron chi connectivity index (χ0n) is 43.4. The van der Waals surface area contributed by atoms with Gasteiger partial charge in [0.25, 0.3) is 0 Å². The topological polar surface area (TPSA) is 19.6 Å². The molecule has 0 bridgehead atoms. The van der Waals surface area contributed by atoms with Crippen LogP contribution in [-0.2, 0) is 32.5 Å². The highest BCUT2D eigenvalue weighted by molar-refractivity contribution is 7.26. The number of thiophene rings is 1. The highest BCUT2D eigenvalue weighted by Gasteiger charge is 2.48. The fourth-order valence-corrected chi connectivity index (χ4v) is 14.0. The van der Waals surface area contributed by atoms with Crippen LogP contribution in [0, 0.1) is 6.92 Å². The number of anilines is 6. The van der Waals surface area contributed by atoms with Crippen LogP contribution in [0.2, 0.25) is 0 Å². The lowest BCUT2D eigenvalue weighted by atomic mass is 9.61. The van der Waals surface area contributed by atoms with Crippen LogP contribution >= 0.6 is 11.3 Å². The Bertz CT molecular complexity index is 3460. The molecule has 8 aromatic rings. The Balaban J connectivity index is 1.23. The van der Waals surface area contributed by atoms with Gasteiger partial charge in [0.15, 0.2) is 0 Å². The van der Waals surface area contributed by atoms with E-state index >= 15 is 0 Å². The van der Waals surface area contributed by atoms with E-state index in [0.29, 0.717) is 0 Å². The molecule has 3 nitrogen and oxygen atoms in total. The summed E-state index contributed by atoms with van der Waals surface area (Å²) < 4.78 is 10.2. The van der Waals surface area contributed by atoms with Crippen LogP contribution in [0.1, 0.15) is 184 Å². The van der Waals surface area contributed by atoms with E-state index in [0.717, 1.165) is 24.2 Å². The number of aryl methyl sites for hydroxylation is 1. The molecule has 0 radical (unpaired) electrons. The lowest BCUT2D eigenvalue weighted by Gasteiger charge is -2.47. The molecule has 0 saturated carbocycles. The van der Waals surface area contributed by atoms with Crippen molar-refractivity contribution in [3.8, 4) is 0 Å². The summed E-state index contributed by atoms with van der Waals surface area (Å²) in [4.78, 5) is 5.31. The van der Waals surface area contributed by atoms with Gasteiger partial charge in [-0.2, -0.15) is 0 Å². The molecule has 2 aliphatic carbocycles. The first-order valence-corrected chi connectivity index (χ1v) is 26.3. The highest BCUT2D eigenvalue weighted by Crippen LogP contribution is 2.65. The Morgan fingerprint density at radius 2 is 1.10 bits per heavy atom. The third-order valence-corrected chi connectivity index (χ3v) is 18.5. The third kappa shape index (κ3) is 6.27. The van der Waals surface area contributed by atoms with Crippen LogP contribution in [0.25, 0.3) is 31.1 Å². The molecule has 4 heterocycles. The number of rotatable bonds is 2. The largest absolute Gasteiger partial charge is 0.458 e. The first-order chi connectivity index (χ1) is 31.8. The van der Waals surface area contributed by atoms with Crippen LogP contribution in [0.3, 0.4) is 0 Å². The Labute approximate surface area is 409 Å². The molecule has 4 aliphatic rings. The van der Waals surface area contributed by atoms with Crippen molar-refractivity contribution in [3.63, 3.8) is 0 Å². The average Bonchev–Trinajstić information content (AvgIpc) is 3.84. The normalized spacial score (nSPS) is 19.7. The van der Waals surface area contributed by atoms with Crippen molar-refractivity contribution in [2.45, 2.75) is 168 Å². The fraction of sp³-hybridized carbons (Fsp3) is 0.406. The highest BCUT2D eigenvalue weighted by atomic mass is 32.1. The molecule has 68 heavy (non-hydrogen) atoms. The van der Waals surface area contributed by atoms with Crippen molar-refractivity contribution >= 4 is 76.6 Å². The molecule has 6 aromatic carbocycles. The molecule has 0 fully saturated rings. The van der Waals surface area contributed by atoms with Crippen LogP contribution in [0.15, 0.2) is 101 Å². The summed E-state index contributed by atoms with van der Waals surface area (Å²) in [6.45, 7) is 36.0. The van der Waals surface area contributed by atoms with E-state index < -0.39 is 0 Å². The van der Waals surface area contributed by atoms with Gasteiger partial charge in [0.05, 0.1) is 34.4 Å². The molecule has 12 rings (SSSR count). The molecule has 2 aliphatic heterocycles. The maximum absolute atomic E-state index is 7.54. The maximum Gasteiger partial charge on any atom is 0.141 e. The summed E-state index contributed by atoms with van der Waals surface area (Å²) in [6.07, 6.45) is 4.69. The van der Waals surface area contributed by atoms with E-state index in [4.69, 9.17) is 4.42 Å². The molecule has 2 aromatic heterocycles. The molecular formula is C64H70N2OS. The molecule has 348 valence electrons. The van der Waals surface area contributed by atoms with Crippen molar-refractivity contribution in [3.05, 3.63) is 153 Å². The van der Waals surface area contributed by atoms with Crippen molar-refractivity contribution < 1.29 is 4.42 Å². The predicted octanol–water partition coefficient (Wildman–Crippen LogP) is 19.1. The molecule has 0 saturated heterocycles. The van der Waals surface area contributed by atoms with E-state index in [1.807, 2.05) is 11.3 Å².